The van der Waals surface area contributed by atoms with Gasteiger partial charge in [0.1, 0.15) is 10.7 Å². The van der Waals surface area contributed by atoms with Crippen LogP contribution in [0.4, 0.5) is 14.6 Å². The van der Waals surface area contributed by atoms with Crippen LogP contribution in [0.3, 0.4) is 0 Å². The molecule has 5 heterocycles. The van der Waals surface area contributed by atoms with Crippen LogP contribution in [-0.2, 0) is 23.0 Å². The van der Waals surface area contributed by atoms with Crippen molar-refractivity contribution in [2.75, 3.05) is 18.0 Å². The van der Waals surface area contributed by atoms with Crippen molar-refractivity contribution in [3.05, 3.63) is 82.4 Å². The van der Waals surface area contributed by atoms with E-state index in [0.717, 1.165) is 47.2 Å². The summed E-state index contributed by atoms with van der Waals surface area (Å²) in [5, 5.41) is 7.63. The summed E-state index contributed by atoms with van der Waals surface area (Å²) in [4.78, 5) is 6.90. The minimum Gasteiger partial charge on any atom is -0.349 e. The largest absolute Gasteiger partial charge is 0.349 e. The van der Waals surface area contributed by atoms with E-state index < -0.39 is 16.4 Å². The highest BCUT2D eigenvalue weighted by Crippen LogP contribution is 2.41. The van der Waals surface area contributed by atoms with Crippen molar-refractivity contribution >= 4 is 21.5 Å². The molecule has 0 bridgehead atoms. The lowest BCUT2D eigenvalue weighted by molar-refractivity contribution is 0.139. The minimum atomic E-state index is -3.77. The first kappa shape index (κ1) is 25.8. The molecule has 0 amide bonds. The van der Waals surface area contributed by atoms with Crippen LogP contribution in [0.2, 0.25) is 0 Å². The lowest BCUT2D eigenvalue weighted by atomic mass is 9.97. The van der Waals surface area contributed by atoms with Gasteiger partial charge in [-0.1, -0.05) is 18.2 Å². The minimum absolute atomic E-state index is 0.250. The Labute approximate surface area is 226 Å². The molecule has 1 aromatic carbocycles. The van der Waals surface area contributed by atoms with Gasteiger partial charge in [-0.05, 0) is 86.1 Å². The molecule has 2 aliphatic heterocycles. The molecule has 11 heteroatoms. The highest BCUT2D eigenvalue weighted by atomic mass is 32.2. The monoisotopic (exact) mass is 552 g/mol. The van der Waals surface area contributed by atoms with E-state index in [4.69, 9.17) is 0 Å². The average Bonchev–Trinajstić information content (AvgIpc) is 3.50. The summed E-state index contributed by atoms with van der Waals surface area (Å²) in [6.07, 6.45) is 2.97. The number of halogens is 2. The summed E-state index contributed by atoms with van der Waals surface area (Å²) in [6, 6.07) is 11.2. The summed E-state index contributed by atoms with van der Waals surface area (Å²) in [7, 11) is -3.77. The van der Waals surface area contributed by atoms with Gasteiger partial charge in [-0.15, -0.1) is 10.2 Å². The summed E-state index contributed by atoms with van der Waals surface area (Å²) in [5.74, 6) is 0.169. The molecular weight excluding hydrogens is 522 g/mol. The smallest absolute Gasteiger partial charge is 0.297 e. The molecule has 3 aromatic heterocycles. The van der Waals surface area contributed by atoms with Crippen molar-refractivity contribution in [2.24, 2.45) is 0 Å². The normalized spacial score (nSPS) is 20.8. The number of nitrogens with zero attached hydrogens (tertiary/aromatic N) is 6. The number of benzene rings is 1. The van der Waals surface area contributed by atoms with Gasteiger partial charge >= 0.3 is 0 Å². The zero-order chi connectivity index (χ0) is 27.5. The second-order valence-electron chi connectivity index (χ2n) is 10.8. The Bertz CT molecular complexity index is 1690. The van der Waals surface area contributed by atoms with Gasteiger partial charge in [-0.25, -0.2) is 22.2 Å². The molecule has 8 nitrogen and oxygen atoms in total. The van der Waals surface area contributed by atoms with Gasteiger partial charge in [-0.2, -0.15) is 4.31 Å². The molecule has 4 aromatic rings. The number of aromatic nitrogens is 4. The maximum atomic E-state index is 13.9. The maximum absolute atomic E-state index is 13.9. The Morgan fingerprint density at radius 1 is 1.10 bits per heavy atom. The molecule has 204 valence electrons. The third-order valence-electron chi connectivity index (χ3n) is 8.20. The predicted molar refractivity (Wildman–Crippen MR) is 143 cm³/mol. The Morgan fingerprint density at radius 2 is 1.92 bits per heavy atom. The first-order chi connectivity index (χ1) is 18.6. The van der Waals surface area contributed by atoms with Crippen molar-refractivity contribution < 1.29 is 17.2 Å². The number of anilines is 1. The van der Waals surface area contributed by atoms with Crippen LogP contribution in [0.15, 0.2) is 53.7 Å². The van der Waals surface area contributed by atoms with Gasteiger partial charge in [0.2, 0.25) is 15.8 Å². The lowest BCUT2D eigenvalue weighted by Gasteiger charge is -2.36. The van der Waals surface area contributed by atoms with Crippen LogP contribution in [-0.4, -0.2) is 50.9 Å². The van der Waals surface area contributed by atoms with Crippen molar-refractivity contribution in [3.8, 4) is 0 Å². The number of hydrogen-bond acceptors (Lipinski definition) is 6. The first-order valence-corrected chi connectivity index (χ1v) is 14.4. The average molecular weight is 553 g/mol. The number of rotatable bonds is 5. The Kier molecular flexibility index (Phi) is 6.18. The SMILES string of the molecule is Cc1ccc(Cc2ccn3c(C(F)F)nnc3c2C)cc1CN1C[C@]2(C)CCCN2c2ncccc2S1(=O)=O. The number of sulfonamides is 1. The standard InChI is InChI=1S/C28H30F2N6O2S/c1-18-7-8-20(14-21-9-13-35-25(19(21)2)32-33-27(35)24(29)30)15-22(18)16-34-17-28(3)10-5-12-36(28)26-23(39(34,37)38)6-4-11-31-26/h4,6-9,11,13,15,24H,5,10,12,14,16-17H2,1-3H3/t28-/m0/s1. The molecular formula is C28H30F2N6O2S. The Hall–Kier alpha value is -3.44. The predicted octanol–water partition coefficient (Wildman–Crippen LogP) is 4.83. The third kappa shape index (κ3) is 4.28. The zero-order valence-corrected chi connectivity index (χ0v) is 22.9. The van der Waals surface area contributed by atoms with Crippen LogP contribution >= 0.6 is 0 Å². The molecule has 0 saturated carbocycles. The van der Waals surface area contributed by atoms with E-state index in [1.54, 1.807) is 28.8 Å². The Balaban J connectivity index is 1.33. The molecule has 39 heavy (non-hydrogen) atoms. The zero-order valence-electron chi connectivity index (χ0n) is 22.1. The van der Waals surface area contributed by atoms with Crippen LogP contribution in [0.5, 0.6) is 0 Å². The Morgan fingerprint density at radius 3 is 2.72 bits per heavy atom. The first-order valence-electron chi connectivity index (χ1n) is 13.0. The molecule has 0 radical (unpaired) electrons. The van der Waals surface area contributed by atoms with Crippen LogP contribution in [0, 0.1) is 13.8 Å². The summed E-state index contributed by atoms with van der Waals surface area (Å²) in [6.45, 7) is 7.38. The lowest BCUT2D eigenvalue weighted by Crippen LogP contribution is -2.49. The fourth-order valence-corrected chi connectivity index (χ4v) is 7.65. The molecule has 0 N–H and O–H groups in total. The van der Waals surface area contributed by atoms with Gasteiger partial charge in [0.25, 0.3) is 6.43 Å². The fraction of sp³-hybridized carbons (Fsp3) is 0.393. The van der Waals surface area contributed by atoms with Gasteiger partial charge < -0.3 is 4.90 Å². The van der Waals surface area contributed by atoms with Crippen LogP contribution in [0.1, 0.15) is 59.8 Å². The number of hydrogen-bond donors (Lipinski definition) is 0. The van der Waals surface area contributed by atoms with Crippen molar-refractivity contribution in [1.29, 1.82) is 0 Å². The number of fused-ring (bicyclic) bond motifs is 4. The molecule has 6 rings (SSSR count). The van der Waals surface area contributed by atoms with Gasteiger partial charge in [0, 0.05) is 32.0 Å². The van der Waals surface area contributed by atoms with E-state index in [0.29, 0.717) is 24.4 Å². The topological polar surface area (TPSA) is 83.7 Å². The van der Waals surface area contributed by atoms with Crippen molar-refractivity contribution in [2.45, 2.75) is 63.4 Å². The molecule has 1 saturated heterocycles. The summed E-state index contributed by atoms with van der Waals surface area (Å²) in [5.41, 5.74) is 4.74. The molecule has 0 aliphatic carbocycles. The van der Waals surface area contributed by atoms with E-state index in [1.165, 1.54) is 4.40 Å². The van der Waals surface area contributed by atoms with Gasteiger partial charge in [-0.3, -0.25) is 4.40 Å². The van der Waals surface area contributed by atoms with Crippen LogP contribution in [0.25, 0.3) is 5.65 Å². The van der Waals surface area contributed by atoms with Crippen LogP contribution < -0.4 is 4.90 Å². The van der Waals surface area contributed by atoms with Crippen molar-refractivity contribution in [3.63, 3.8) is 0 Å². The second kappa shape index (κ2) is 9.34. The van der Waals surface area contributed by atoms with E-state index in [2.05, 4.69) is 27.0 Å². The van der Waals surface area contributed by atoms with E-state index in [1.807, 2.05) is 38.1 Å². The number of alkyl halides is 2. The van der Waals surface area contributed by atoms with E-state index >= 15 is 0 Å². The van der Waals surface area contributed by atoms with Crippen molar-refractivity contribution in [1.82, 2.24) is 23.9 Å². The van der Waals surface area contributed by atoms with E-state index in [-0.39, 0.29) is 22.8 Å². The highest BCUT2D eigenvalue weighted by Gasteiger charge is 2.47. The molecule has 1 fully saturated rings. The number of pyridine rings is 2. The second-order valence-corrected chi connectivity index (χ2v) is 12.7. The van der Waals surface area contributed by atoms with Gasteiger partial charge in [0.05, 0.1) is 5.54 Å². The number of aryl methyl sites for hydroxylation is 2. The quantitative estimate of drug-likeness (QED) is 0.353. The third-order valence-corrected chi connectivity index (χ3v) is 10.0. The maximum Gasteiger partial charge on any atom is 0.297 e. The molecule has 0 spiro atoms. The highest BCUT2D eigenvalue weighted by molar-refractivity contribution is 7.89. The molecule has 1 atom stereocenters. The molecule has 2 aliphatic rings. The molecule has 0 unspecified atom stereocenters. The summed E-state index contributed by atoms with van der Waals surface area (Å²) >= 11 is 0. The summed E-state index contributed by atoms with van der Waals surface area (Å²) < 4.78 is 57.3. The van der Waals surface area contributed by atoms with E-state index in [9.17, 15) is 17.2 Å². The van der Waals surface area contributed by atoms with Gasteiger partial charge in [0.15, 0.2) is 5.65 Å². The fourth-order valence-electron chi connectivity index (χ4n) is 5.97.